The lowest BCUT2D eigenvalue weighted by molar-refractivity contribution is -0.149. The van der Waals surface area contributed by atoms with Gasteiger partial charge in [0.1, 0.15) is 11.9 Å². The second kappa shape index (κ2) is 8.30. The molecule has 0 saturated carbocycles. The Kier molecular flexibility index (Phi) is 6.07. The van der Waals surface area contributed by atoms with Crippen LogP contribution < -0.4 is 9.64 Å². The van der Waals surface area contributed by atoms with Crippen LogP contribution in [0.2, 0.25) is 0 Å². The van der Waals surface area contributed by atoms with E-state index < -0.39 is 0 Å². The highest BCUT2D eigenvalue weighted by Crippen LogP contribution is 2.41. The van der Waals surface area contributed by atoms with Crippen LogP contribution >= 0.6 is 0 Å². The molecular formula is C21H32N2O3. The van der Waals surface area contributed by atoms with Crippen LogP contribution in [0.5, 0.6) is 5.75 Å². The van der Waals surface area contributed by atoms with Gasteiger partial charge in [-0.15, -0.1) is 0 Å². The van der Waals surface area contributed by atoms with Crippen LogP contribution in [0, 0.1) is 5.41 Å². The largest absolute Gasteiger partial charge is 0.497 e. The van der Waals surface area contributed by atoms with Crippen molar-refractivity contribution in [3.63, 3.8) is 0 Å². The summed E-state index contributed by atoms with van der Waals surface area (Å²) in [4.78, 5) is 17.1. The zero-order valence-corrected chi connectivity index (χ0v) is 16.4. The van der Waals surface area contributed by atoms with Gasteiger partial charge >= 0.3 is 5.97 Å². The maximum atomic E-state index is 12.2. The highest BCUT2D eigenvalue weighted by molar-refractivity contribution is 5.78. The summed E-state index contributed by atoms with van der Waals surface area (Å²) in [7, 11) is 1.71. The van der Waals surface area contributed by atoms with Crippen molar-refractivity contribution in [3.05, 3.63) is 24.3 Å². The van der Waals surface area contributed by atoms with Crippen LogP contribution in [0.3, 0.4) is 0 Å². The Morgan fingerprint density at radius 1 is 1.19 bits per heavy atom. The van der Waals surface area contributed by atoms with E-state index in [1.807, 2.05) is 12.1 Å². The number of cyclic esters (lactones) is 1. The maximum Gasteiger partial charge on any atom is 0.312 e. The van der Waals surface area contributed by atoms with Crippen LogP contribution in [-0.4, -0.2) is 56.8 Å². The van der Waals surface area contributed by atoms with Gasteiger partial charge in [0.2, 0.25) is 0 Å². The van der Waals surface area contributed by atoms with Crippen LogP contribution in [0.4, 0.5) is 5.69 Å². The van der Waals surface area contributed by atoms with Crippen molar-refractivity contribution in [1.82, 2.24) is 4.90 Å². The van der Waals surface area contributed by atoms with E-state index in [-0.39, 0.29) is 17.5 Å². The zero-order chi connectivity index (χ0) is 18.6. The highest BCUT2D eigenvalue weighted by atomic mass is 16.6. The monoisotopic (exact) mass is 360 g/mol. The lowest BCUT2D eigenvalue weighted by Crippen LogP contribution is -2.47. The molecule has 2 aliphatic heterocycles. The van der Waals surface area contributed by atoms with Gasteiger partial charge < -0.3 is 14.4 Å². The summed E-state index contributed by atoms with van der Waals surface area (Å²) in [6.07, 6.45) is 3.71. The molecule has 2 aliphatic rings. The fourth-order valence-corrected chi connectivity index (χ4v) is 4.19. The minimum absolute atomic E-state index is 0.0235. The topological polar surface area (TPSA) is 42.0 Å². The molecule has 1 aromatic rings. The molecule has 2 saturated heterocycles. The Bertz CT molecular complexity index is 607. The Labute approximate surface area is 157 Å². The van der Waals surface area contributed by atoms with E-state index in [0.29, 0.717) is 0 Å². The molecule has 3 rings (SSSR count). The minimum Gasteiger partial charge on any atom is -0.497 e. The summed E-state index contributed by atoms with van der Waals surface area (Å²) in [5.41, 5.74) is 1.000. The predicted molar refractivity (Wildman–Crippen MR) is 104 cm³/mol. The number of rotatable bonds is 7. The number of carbonyl (C=O) groups excluding carboxylic acids is 1. The zero-order valence-electron chi connectivity index (χ0n) is 16.4. The fraction of sp³-hybridized carbons (Fsp3) is 0.667. The molecule has 2 heterocycles. The van der Waals surface area contributed by atoms with E-state index in [9.17, 15) is 4.79 Å². The van der Waals surface area contributed by atoms with Crippen molar-refractivity contribution in [2.75, 3.05) is 44.7 Å². The quantitative estimate of drug-likeness (QED) is 0.698. The molecule has 0 aromatic heterocycles. The smallest absolute Gasteiger partial charge is 0.312 e. The molecule has 1 atom stereocenters. The number of nitrogens with zero attached hydrogens (tertiary/aromatic N) is 2. The standard InChI is InChI=1S/C21H32N2O3/c1-4-21(5-2)16-19(26-20(21)24)9-10-22-11-13-23(14-12-22)17-7-6-8-18(15-17)25-3/h6-8,15,19H,4-5,9-14,16H2,1-3H3/t19-/m1/s1. The Hall–Kier alpha value is -1.75. The summed E-state index contributed by atoms with van der Waals surface area (Å²) in [6.45, 7) is 9.34. The molecule has 2 fully saturated rings. The van der Waals surface area contributed by atoms with Crippen molar-refractivity contribution < 1.29 is 14.3 Å². The second-order valence-corrected chi connectivity index (χ2v) is 7.54. The average Bonchev–Trinajstić information content (AvgIpc) is 3.03. The highest BCUT2D eigenvalue weighted by Gasteiger charge is 2.46. The first kappa shape index (κ1) is 19.0. The second-order valence-electron chi connectivity index (χ2n) is 7.54. The summed E-state index contributed by atoms with van der Waals surface area (Å²) in [5.74, 6) is 0.929. The number of hydrogen-bond donors (Lipinski definition) is 0. The Balaban J connectivity index is 1.45. The van der Waals surface area contributed by atoms with E-state index in [1.165, 1.54) is 5.69 Å². The third-order valence-corrected chi connectivity index (χ3v) is 6.24. The molecule has 5 heteroatoms. The van der Waals surface area contributed by atoms with Gasteiger partial charge in [0.15, 0.2) is 0 Å². The maximum absolute atomic E-state index is 12.2. The number of piperazine rings is 1. The van der Waals surface area contributed by atoms with Crippen molar-refractivity contribution in [2.45, 2.75) is 45.6 Å². The molecule has 0 spiro atoms. The average molecular weight is 360 g/mol. The molecule has 26 heavy (non-hydrogen) atoms. The molecule has 144 valence electrons. The molecule has 0 bridgehead atoms. The first-order chi connectivity index (χ1) is 12.6. The Morgan fingerprint density at radius 3 is 2.54 bits per heavy atom. The van der Waals surface area contributed by atoms with Gasteiger partial charge in [-0.2, -0.15) is 0 Å². The van der Waals surface area contributed by atoms with E-state index in [4.69, 9.17) is 9.47 Å². The molecule has 0 aliphatic carbocycles. The first-order valence-electron chi connectivity index (χ1n) is 9.92. The van der Waals surface area contributed by atoms with Gasteiger partial charge in [0, 0.05) is 50.9 Å². The molecule has 0 amide bonds. The number of esters is 1. The number of ether oxygens (including phenoxy) is 2. The lowest BCUT2D eigenvalue weighted by Gasteiger charge is -2.36. The van der Waals surface area contributed by atoms with Gasteiger partial charge in [-0.3, -0.25) is 9.69 Å². The van der Waals surface area contributed by atoms with E-state index in [2.05, 4.69) is 35.8 Å². The molecule has 1 aromatic carbocycles. The predicted octanol–water partition coefficient (Wildman–Crippen LogP) is 3.33. The summed E-state index contributed by atoms with van der Waals surface area (Å²) in [6, 6.07) is 8.27. The van der Waals surface area contributed by atoms with Crippen molar-refractivity contribution in [1.29, 1.82) is 0 Å². The third-order valence-electron chi connectivity index (χ3n) is 6.24. The first-order valence-corrected chi connectivity index (χ1v) is 9.92. The van der Waals surface area contributed by atoms with Gasteiger partial charge in [0.05, 0.1) is 12.5 Å². The number of carbonyl (C=O) groups is 1. The van der Waals surface area contributed by atoms with E-state index >= 15 is 0 Å². The Morgan fingerprint density at radius 2 is 1.92 bits per heavy atom. The van der Waals surface area contributed by atoms with Crippen LogP contribution in [0.1, 0.15) is 39.5 Å². The van der Waals surface area contributed by atoms with Crippen LogP contribution in [0.25, 0.3) is 0 Å². The molecular weight excluding hydrogens is 328 g/mol. The SMILES string of the molecule is CCC1(CC)C[C@@H](CCN2CCN(c3cccc(OC)c3)CC2)OC1=O. The number of anilines is 1. The summed E-state index contributed by atoms with van der Waals surface area (Å²) < 4.78 is 11.0. The molecule has 0 radical (unpaired) electrons. The van der Waals surface area contributed by atoms with Gasteiger partial charge in [0.25, 0.3) is 0 Å². The summed E-state index contributed by atoms with van der Waals surface area (Å²) in [5, 5.41) is 0. The normalized spacial score (nSPS) is 23.1. The lowest BCUT2D eigenvalue weighted by atomic mass is 9.79. The molecule has 0 unspecified atom stereocenters. The number of benzene rings is 1. The van der Waals surface area contributed by atoms with E-state index in [1.54, 1.807) is 7.11 Å². The van der Waals surface area contributed by atoms with Crippen LogP contribution in [0.15, 0.2) is 24.3 Å². The molecule has 5 nitrogen and oxygen atoms in total. The van der Waals surface area contributed by atoms with Gasteiger partial charge in [-0.05, 0) is 31.4 Å². The van der Waals surface area contributed by atoms with Gasteiger partial charge in [-0.25, -0.2) is 0 Å². The van der Waals surface area contributed by atoms with Gasteiger partial charge in [-0.1, -0.05) is 19.9 Å². The number of methoxy groups -OCH3 is 1. The molecule has 0 N–H and O–H groups in total. The van der Waals surface area contributed by atoms with Crippen molar-refractivity contribution >= 4 is 11.7 Å². The van der Waals surface area contributed by atoms with Crippen molar-refractivity contribution in [3.8, 4) is 5.75 Å². The number of hydrogen-bond acceptors (Lipinski definition) is 5. The van der Waals surface area contributed by atoms with Crippen molar-refractivity contribution in [2.24, 2.45) is 5.41 Å². The summed E-state index contributed by atoms with van der Waals surface area (Å²) >= 11 is 0. The van der Waals surface area contributed by atoms with Crippen LogP contribution in [-0.2, 0) is 9.53 Å². The third kappa shape index (κ3) is 3.98. The van der Waals surface area contributed by atoms with E-state index in [0.717, 1.165) is 64.2 Å². The fourth-order valence-electron chi connectivity index (χ4n) is 4.19. The minimum atomic E-state index is -0.226.